The molecule has 16 aromatic rings. The monoisotopic (exact) mass is 1930 g/mol. The molecule has 0 bridgehead atoms. The van der Waals surface area contributed by atoms with Crippen molar-refractivity contribution in [2.45, 2.75) is 215 Å². The molecule has 2 fully saturated rings. The van der Waals surface area contributed by atoms with Crippen molar-refractivity contribution < 1.29 is 18.6 Å². The van der Waals surface area contributed by atoms with E-state index in [1.165, 1.54) is 83.5 Å². The van der Waals surface area contributed by atoms with E-state index >= 15 is 0 Å². The van der Waals surface area contributed by atoms with Gasteiger partial charge in [-0.3, -0.25) is 0 Å². The maximum Gasteiger partial charge on any atom is 0.488 e. The lowest BCUT2D eigenvalue weighted by Crippen LogP contribution is -2.43. The van der Waals surface area contributed by atoms with E-state index in [0.29, 0.717) is 34.9 Å². The molecule has 10 nitrogen and oxygen atoms in total. The molecule has 0 atom stereocenters. The number of aryl methyl sites for hydroxylation is 1. The van der Waals surface area contributed by atoms with Crippen molar-refractivity contribution in [2.75, 3.05) is 0 Å². The molecule has 14 aromatic carbocycles. The number of halogens is 2. The van der Waals surface area contributed by atoms with E-state index in [4.69, 9.17) is 48.5 Å². The topological polar surface area (TPSA) is 114 Å². The van der Waals surface area contributed by atoms with Gasteiger partial charge in [0.15, 0.2) is 34.9 Å². The maximum absolute atomic E-state index is 5.96. The summed E-state index contributed by atoms with van der Waals surface area (Å²) in [6.07, 6.45) is 0. The zero-order chi connectivity index (χ0) is 95.6. The zero-order valence-corrected chi connectivity index (χ0v) is 84.8. The van der Waals surface area contributed by atoms with Crippen LogP contribution in [0.25, 0.3) is 135 Å². The molecule has 5 aliphatic rings. The largest absolute Gasteiger partial charge is 0.488 e. The molecule has 4 heterocycles. The Bertz CT molecular complexity index is 6780. The Morgan fingerprint density at radius 2 is 0.409 bits per heavy atom. The van der Waals surface area contributed by atoms with Gasteiger partial charge in [0.2, 0.25) is 0 Å². The first-order valence-corrected chi connectivity index (χ1v) is 48.6. The highest BCUT2D eigenvalue weighted by molar-refractivity contribution is 9.10. The molecule has 0 radical (unpaired) electrons. The lowest BCUT2D eigenvalue weighted by atomic mass is 9.49. The summed E-state index contributed by atoms with van der Waals surface area (Å²) in [5.41, 5.74) is 30.0. The second kappa shape index (κ2) is 38.8. The molecular formula is C123H128B2Br2N6O4. The van der Waals surface area contributed by atoms with Gasteiger partial charge in [0.1, 0.15) is 0 Å². The van der Waals surface area contributed by atoms with Crippen molar-refractivity contribution in [3.05, 3.63) is 394 Å². The Labute approximate surface area is 832 Å². The van der Waals surface area contributed by atoms with Crippen LogP contribution in [-0.4, -0.2) is 66.3 Å². The minimum absolute atomic E-state index is 0. The van der Waals surface area contributed by atoms with Crippen LogP contribution in [0.15, 0.2) is 355 Å². The lowest BCUT2D eigenvalue weighted by molar-refractivity contribution is 0.00578. The van der Waals surface area contributed by atoms with Gasteiger partial charge in [-0.25, -0.2) is 29.9 Å². The fourth-order valence-electron chi connectivity index (χ4n) is 19.1. The van der Waals surface area contributed by atoms with Crippen molar-refractivity contribution in [3.8, 4) is 135 Å². The number of aromatic nitrogens is 6. The SMILES string of the molecule is Brc1cccc(-c2cccc(-c3nc(-c4ccccc4)nc(-c4ccccc4)n3)c2)c1.C.C.CC1(C)OB(B2OC(C)(C)C(C)(C)O2)OC1(C)C.CC1(C)c2ccccc2-c2cc(-c3cccc(-c4cccc(-c5nc(-c6ccccc6)nc(-c6ccccc6)n5)c4)c3)ccc2C1(C)C.CC1(C)c2ccccc2-c2cc(Br)ccc2C1(C)C.Cc1ccc2c(c1)-c1ccccc1C(C)(C)C2(C)C. The smallest absolute Gasteiger partial charge is 0.405 e. The van der Waals surface area contributed by atoms with Crippen molar-refractivity contribution in [1.29, 1.82) is 0 Å². The molecule has 3 aliphatic carbocycles. The minimum Gasteiger partial charge on any atom is -0.405 e. The normalized spacial score (nSPS) is 16.8. The van der Waals surface area contributed by atoms with Crippen molar-refractivity contribution in [1.82, 2.24) is 29.9 Å². The first kappa shape index (κ1) is 99.5. The third-order valence-electron chi connectivity index (χ3n) is 30.6. The van der Waals surface area contributed by atoms with Gasteiger partial charge in [-0.1, -0.05) is 433 Å². The first-order chi connectivity index (χ1) is 64.1. The molecule has 694 valence electrons. The number of hydrogen-bond acceptors (Lipinski definition) is 10. The maximum atomic E-state index is 5.96. The van der Waals surface area contributed by atoms with Crippen LogP contribution in [-0.2, 0) is 51.1 Å². The van der Waals surface area contributed by atoms with Crippen molar-refractivity contribution >= 4 is 45.9 Å². The first-order valence-electron chi connectivity index (χ1n) is 47.0. The summed E-state index contributed by atoms with van der Waals surface area (Å²) in [6, 6.07) is 121. The Morgan fingerprint density at radius 1 is 0.190 bits per heavy atom. The quantitative estimate of drug-likeness (QED) is 0.123. The average molecular weight is 1940 g/mol. The highest BCUT2D eigenvalue weighted by Gasteiger charge is 2.64. The predicted octanol–water partition coefficient (Wildman–Crippen LogP) is 33.2. The highest BCUT2D eigenvalue weighted by Crippen LogP contribution is 2.58. The summed E-state index contributed by atoms with van der Waals surface area (Å²) in [7, 11) is -0.952. The van der Waals surface area contributed by atoms with Gasteiger partial charge in [-0.2, -0.15) is 0 Å². The molecule has 0 spiro atoms. The molecule has 2 saturated heterocycles. The zero-order valence-electron chi connectivity index (χ0n) is 81.6. The van der Waals surface area contributed by atoms with Crippen LogP contribution in [0.4, 0.5) is 0 Å². The van der Waals surface area contributed by atoms with Gasteiger partial charge in [0, 0.05) is 42.3 Å². The van der Waals surface area contributed by atoms with E-state index in [9.17, 15) is 0 Å². The third kappa shape index (κ3) is 19.3. The number of nitrogens with zero attached hydrogens (tertiary/aromatic N) is 6. The second-order valence-electron chi connectivity index (χ2n) is 41.5. The van der Waals surface area contributed by atoms with E-state index in [-0.39, 0.29) is 69.7 Å². The Hall–Kier alpha value is -12.0. The van der Waals surface area contributed by atoms with Crippen LogP contribution < -0.4 is 0 Å². The Balaban J connectivity index is 0.000000138. The van der Waals surface area contributed by atoms with E-state index in [0.717, 1.165) is 64.6 Å². The van der Waals surface area contributed by atoms with Gasteiger partial charge in [0.25, 0.3) is 0 Å². The van der Waals surface area contributed by atoms with Crippen LogP contribution in [0.5, 0.6) is 0 Å². The van der Waals surface area contributed by atoms with Gasteiger partial charge >= 0.3 is 14.0 Å². The van der Waals surface area contributed by atoms with Gasteiger partial charge in [-0.05, 0) is 243 Å². The molecule has 14 heteroatoms. The van der Waals surface area contributed by atoms with Crippen LogP contribution in [0.3, 0.4) is 0 Å². The van der Waals surface area contributed by atoms with E-state index in [1.54, 1.807) is 0 Å². The van der Waals surface area contributed by atoms with E-state index in [2.05, 4.69) is 322 Å². The molecule has 21 rings (SSSR count). The van der Waals surface area contributed by atoms with Gasteiger partial charge in [-0.15, -0.1) is 0 Å². The standard InChI is InChI=1S/C45H37N3.C27H18BrN3.C19H22.C18H19Br.C12H24B2O4.2CH4/c1-44(2)39-24-12-11-23-37(39)38-29-35(25-26-40(38)45(44,3)4)33-20-13-19-32(27-33)34-21-14-22-36(28-34)43-47-41(30-15-7-5-8-16-30)46-42(48-43)31-17-9-6-10-18-31;28-24-16-8-14-22(18-24)21-13-7-15-23(17-21)27-30-25(19-9-3-1-4-10-19)29-26(31-27)20-11-5-2-6-12-20;1-13-10-11-17-15(12-13)14-8-6-7-9-16(14)18(2,3)19(17,4)5;1-17(2)15-8-6-5-7-13(15)14-11-12(19)9-10-16(14)18(17,3)4;1-9(2)10(3,4)16-13(15-9)14-17-11(5,6)12(7,8)18-14;;/h5-29H,1-4H3;1-18H;6-12H,1-5H3;5-11H,1-4H3;1-8H3;2*1H4. The summed E-state index contributed by atoms with van der Waals surface area (Å²) in [4.78, 5) is 29.2. The molecule has 2 aliphatic heterocycles. The number of fused-ring (bicyclic) bond motifs is 9. The number of benzene rings is 14. The van der Waals surface area contributed by atoms with Crippen molar-refractivity contribution in [2.24, 2.45) is 0 Å². The summed E-state index contributed by atoms with van der Waals surface area (Å²) in [5.74, 6) is 3.96. The summed E-state index contributed by atoms with van der Waals surface area (Å²) >= 11 is 7.17. The van der Waals surface area contributed by atoms with Crippen molar-refractivity contribution in [3.63, 3.8) is 0 Å². The average Bonchev–Trinajstić information content (AvgIpc) is 1.62. The minimum atomic E-state index is -0.476. The molecule has 0 unspecified atom stereocenters. The molecule has 137 heavy (non-hydrogen) atoms. The molecule has 0 saturated carbocycles. The molecular weight excluding hydrogens is 1810 g/mol. The highest BCUT2D eigenvalue weighted by atomic mass is 79.9. The van der Waals surface area contributed by atoms with Crippen LogP contribution >= 0.6 is 31.9 Å². The second-order valence-corrected chi connectivity index (χ2v) is 43.3. The summed E-state index contributed by atoms with van der Waals surface area (Å²) in [6.45, 7) is 46.8. The summed E-state index contributed by atoms with van der Waals surface area (Å²) in [5, 5.41) is 0. The van der Waals surface area contributed by atoms with Crippen LogP contribution in [0, 0.1) is 6.92 Å². The Morgan fingerprint density at radius 3 is 0.730 bits per heavy atom. The third-order valence-corrected chi connectivity index (χ3v) is 31.6. The van der Waals surface area contributed by atoms with Gasteiger partial charge in [0.05, 0.1) is 22.4 Å². The van der Waals surface area contributed by atoms with E-state index in [1.807, 2.05) is 201 Å². The van der Waals surface area contributed by atoms with Crippen LogP contribution in [0.1, 0.15) is 192 Å². The Kier molecular flexibility index (Phi) is 28.2. The number of rotatable bonds is 10. The van der Waals surface area contributed by atoms with Gasteiger partial charge < -0.3 is 18.6 Å². The molecule has 0 amide bonds. The summed E-state index contributed by atoms with van der Waals surface area (Å²) < 4.78 is 26.0. The fourth-order valence-corrected chi connectivity index (χ4v) is 19.9. The number of hydrogen-bond donors (Lipinski definition) is 0. The molecule has 0 N–H and O–H groups in total. The van der Waals surface area contributed by atoms with Crippen LogP contribution in [0.2, 0.25) is 0 Å². The molecule has 2 aromatic heterocycles. The predicted molar refractivity (Wildman–Crippen MR) is 582 cm³/mol. The van der Waals surface area contributed by atoms with E-state index < -0.39 is 14.0 Å². The lowest BCUT2D eigenvalue weighted by Gasteiger charge is -2.48. The fraction of sp³-hybridized carbons (Fsp3) is 0.268.